The number of fused-ring (bicyclic) bond motifs is 1. The van der Waals surface area contributed by atoms with E-state index in [9.17, 15) is 26.7 Å². The second-order valence-electron chi connectivity index (χ2n) is 9.87. The van der Waals surface area contributed by atoms with Crippen LogP contribution in [0.25, 0.3) is 22.3 Å². The van der Waals surface area contributed by atoms with Crippen LogP contribution in [-0.2, 0) is 18.1 Å². The van der Waals surface area contributed by atoms with Crippen molar-refractivity contribution in [3.63, 3.8) is 0 Å². The van der Waals surface area contributed by atoms with Gasteiger partial charge in [0, 0.05) is 18.1 Å². The first-order chi connectivity index (χ1) is 18.3. The molecule has 0 aliphatic carbocycles. The summed E-state index contributed by atoms with van der Waals surface area (Å²) in [5.74, 6) is -0.834. The molecule has 0 aliphatic heterocycles. The van der Waals surface area contributed by atoms with E-state index < -0.39 is 34.2 Å². The molecule has 0 aliphatic rings. The lowest BCUT2D eigenvalue weighted by atomic mass is 9.84. The maximum Gasteiger partial charge on any atom is 0.416 e. The molecule has 0 amide bonds. The lowest BCUT2D eigenvalue weighted by molar-refractivity contribution is -0.137. The van der Waals surface area contributed by atoms with Crippen LogP contribution in [0.5, 0.6) is 0 Å². The Bertz CT molecular complexity index is 1740. The van der Waals surface area contributed by atoms with E-state index in [0.29, 0.717) is 22.2 Å². The van der Waals surface area contributed by atoms with Gasteiger partial charge in [0.25, 0.3) is 0 Å². The van der Waals surface area contributed by atoms with Gasteiger partial charge in [0.05, 0.1) is 22.1 Å². The van der Waals surface area contributed by atoms with Gasteiger partial charge in [-0.15, -0.1) is 0 Å². The Hall–Kier alpha value is -4.34. The molecule has 0 bridgehead atoms. The zero-order chi connectivity index (χ0) is 28.1. The number of aromatic nitrogens is 3. The second kappa shape index (κ2) is 9.44. The standard InChI is InChI=1S/C29H22F5N3O2/c1-16-12-24-21(13-23(16)31)25(38)22(15-37(24)14-17-4-6-19(7-5-17)29(32,33)34)26-35-27(39-36-26)28(2,3)18-8-10-20(30)11-9-18/h4-13,15H,14H2,1-3H3. The van der Waals surface area contributed by atoms with Gasteiger partial charge < -0.3 is 9.09 Å². The summed E-state index contributed by atoms with van der Waals surface area (Å²) < 4.78 is 74.1. The number of rotatable bonds is 5. The first-order valence-corrected chi connectivity index (χ1v) is 11.9. The third kappa shape index (κ3) is 4.94. The Labute approximate surface area is 219 Å². The van der Waals surface area contributed by atoms with Gasteiger partial charge in [0.15, 0.2) is 0 Å². The van der Waals surface area contributed by atoms with E-state index in [1.807, 2.05) is 0 Å². The van der Waals surface area contributed by atoms with Crippen molar-refractivity contribution in [2.75, 3.05) is 0 Å². The van der Waals surface area contributed by atoms with Crippen LogP contribution >= 0.6 is 0 Å². The van der Waals surface area contributed by atoms with Crippen LogP contribution in [-0.4, -0.2) is 14.7 Å². The molecule has 10 heteroatoms. The minimum absolute atomic E-state index is 0.0302. The maximum atomic E-state index is 14.5. The molecule has 0 unspecified atom stereocenters. The predicted octanol–water partition coefficient (Wildman–Crippen LogP) is 7.03. The highest BCUT2D eigenvalue weighted by molar-refractivity contribution is 5.83. The Morgan fingerprint density at radius 2 is 1.56 bits per heavy atom. The molecule has 0 saturated heterocycles. The first-order valence-electron chi connectivity index (χ1n) is 11.9. The number of aryl methyl sites for hydroxylation is 1. The van der Waals surface area contributed by atoms with Crippen molar-refractivity contribution in [1.29, 1.82) is 0 Å². The highest BCUT2D eigenvalue weighted by atomic mass is 19.4. The minimum Gasteiger partial charge on any atom is -0.342 e. The van der Waals surface area contributed by atoms with Crippen molar-refractivity contribution in [3.05, 3.63) is 117 Å². The molecule has 5 nitrogen and oxygen atoms in total. The van der Waals surface area contributed by atoms with Gasteiger partial charge in [-0.25, -0.2) is 8.78 Å². The number of alkyl halides is 3. The molecule has 2 heterocycles. The van der Waals surface area contributed by atoms with Crippen LogP contribution in [0.3, 0.4) is 0 Å². The molecular weight excluding hydrogens is 517 g/mol. The van der Waals surface area contributed by atoms with Crippen molar-refractivity contribution in [2.45, 2.75) is 38.9 Å². The largest absolute Gasteiger partial charge is 0.416 e. The van der Waals surface area contributed by atoms with Crippen LogP contribution in [0, 0.1) is 18.6 Å². The van der Waals surface area contributed by atoms with E-state index in [1.165, 1.54) is 36.5 Å². The fraction of sp³-hybridized carbons (Fsp3) is 0.207. The number of nitrogens with zero attached hydrogens (tertiary/aromatic N) is 3. The molecule has 0 atom stereocenters. The normalized spacial score (nSPS) is 12.3. The molecule has 0 saturated carbocycles. The zero-order valence-corrected chi connectivity index (χ0v) is 21.1. The number of halogens is 5. The van der Waals surface area contributed by atoms with Gasteiger partial charge >= 0.3 is 6.18 Å². The highest BCUT2D eigenvalue weighted by Crippen LogP contribution is 2.32. The van der Waals surface area contributed by atoms with Crippen LogP contribution in [0.15, 0.2) is 76.2 Å². The Morgan fingerprint density at radius 3 is 2.21 bits per heavy atom. The van der Waals surface area contributed by atoms with Gasteiger partial charge in [0.2, 0.25) is 17.1 Å². The topological polar surface area (TPSA) is 60.9 Å². The zero-order valence-electron chi connectivity index (χ0n) is 21.1. The van der Waals surface area contributed by atoms with Gasteiger partial charge in [-0.2, -0.15) is 18.2 Å². The summed E-state index contributed by atoms with van der Waals surface area (Å²) in [4.78, 5) is 17.9. The van der Waals surface area contributed by atoms with Gasteiger partial charge in [-0.1, -0.05) is 29.4 Å². The fourth-order valence-electron chi connectivity index (χ4n) is 4.38. The number of hydrogen-bond acceptors (Lipinski definition) is 4. The SMILES string of the molecule is Cc1cc2c(cc1F)c(=O)c(-c1noc(C(C)(C)c3ccc(F)cc3)n1)cn2Cc1ccc(C(F)(F)F)cc1. The average molecular weight is 540 g/mol. The molecule has 39 heavy (non-hydrogen) atoms. The molecule has 5 rings (SSSR count). The molecule has 0 fully saturated rings. The summed E-state index contributed by atoms with van der Waals surface area (Å²) in [7, 11) is 0. The monoisotopic (exact) mass is 539 g/mol. The van der Waals surface area contributed by atoms with Crippen molar-refractivity contribution >= 4 is 10.9 Å². The predicted molar refractivity (Wildman–Crippen MR) is 135 cm³/mol. The first kappa shape index (κ1) is 26.3. The Morgan fingerprint density at radius 1 is 0.923 bits per heavy atom. The maximum absolute atomic E-state index is 14.5. The van der Waals surface area contributed by atoms with E-state index in [2.05, 4.69) is 10.1 Å². The quantitative estimate of drug-likeness (QED) is 0.225. The fourth-order valence-corrected chi connectivity index (χ4v) is 4.38. The molecule has 5 aromatic rings. The lowest BCUT2D eigenvalue weighted by Gasteiger charge is -2.20. The summed E-state index contributed by atoms with van der Waals surface area (Å²) in [6.07, 6.45) is -2.98. The summed E-state index contributed by atoms with van der Waals surface area (Å²) in [5.41, 5.74) is -0.156. The van der Waals surface area contributed by atoms with Crippen molar-refractivity contribution in [2.24, 2.45) is 0 Å². The van der Waals surface area contributed by atoms with E-state index >= 15 is 0 Å². The van der Waals surface area contributed by atoms with E-state index in [4.69, 9.17) is 4.52 Å². The lowest BCUT2D eigenvalue weighted by Crippen LogP contribution is -2.19. The minimum atomic E-state index is -4.47. The van der Waals surface area contributed by atoms with Crippen LogP contribution < -0.4 is 5.43 Å². The average Bonchev–Trinajstić information content (AvgIpc) is 3.38. The summed E-state index contributed by atoms with van der Waals surface area (Å²) in [5, 5.41) is 4.06. The Kier molecular flexibility index (Phi) is 6.36. The molecule has 2 aromatic heterocycles. The van der Waals surface area contributed by atoms with Gasteiger partial charge in [-0.3, -0.25) is 4.79 Å². The molecule has 200 valence electrons. The van der Waals surface area contributed by atoms with E-state index in [-0.39, 0.29) is 29.2 Å². The molecule has 0 radical (unpaired) electrons. The molecular formula is C29H22F5N3O2. The van der Waals surface area contributed by atoms with E-state index in [1.54, 1.807) is 37.5 Å². The second-order valence-corrected chi connectivity index (χ2v) is 9.87. The number of pyridine rings is 1. The van der Waals surface area contributed by atoms with Crippen LogP contribution in [0.4, 0.5) is 22.0 Å². The third-order valence-corrected chi connectivity index (χ3v) is 6.76. The van der Waals surface area contributed by atoms with Crippen molar-refractivity contribution in [3.8, 4) is 11.4 Å². The van der Waals surface area contributed by atoms with Crippen molar-refractivity contribution in [1.82, 2.24) is 14.7 Å². The van der Waals surface area contributed by atoms with E-state index in [0.717, 1.165) is 18.2 Å². The van der Waals surface area contributed by atoms with Crippen LogP contribution in [0.2, 0.25) is 0 Å². The molecule has 3 aromatic carbocycles. The van der Waals surface area contributed by atoms with Crippen LogP contribution in [0.1, 0.15) is 42.0 Å². The third-order valence-electron chi connectivity index (χ3n) is 6.76. The number of benzene rings is 3. The molecule has 0 spiro atoms. The smallest absolute Gasteiger partial charge is 0.342 e. The molecule has 0 N–H and O–H groups in total. The summed E-state index contributed by atoms with van der Waals surface area (Å²) >= 11 is 0. The Balaban J connectivity index is 1.61. The highest BCUT2D eigenvalue weighted by Gasteiger charge is 2.31. The van der Waals surface area contributed by atoms with Gasteiger partial charge in [0.1, 0.15) is 11.6 Å². The summed E-state index contributed by atoms with van der Waals surface area (Å²) in [6, 6.07) is 13.1. The number of hydrogen-bond donors (Lipinski definition) is 0. The summed E-state index contributed by atoms with van der Waals surface area (Å²) in [6.45, 7) is 5.26. The van der Waals surface area contributed by atoms with Gasteiger partial charge in [-0.05, 0) is 73.9 Å². The van der Waals surface area contributed by atoms with Crippen molar-refractivity contribution < 1.29 is 26.5 Å².